The number of ether oxygens (including phenoxy) is 2. The monoisotopic (exact) mass is 187 g/mol. The van der Waals surface area contributed by atoms with Crippen LogP contribution in [0.5, 0.6) is 0 Å². The molecule has 0 saturated carbocycles. The van der Waals surface area contributed by atoms with Crippen LogP contribution in [0, 0.1) is 0 Å². The maximum absolute atomic E-state index is 11.0. The molecule has 0 atom stereocenters. The van der Waals surface area contributed by atoms with E-state index in [2.05, 4.69) is 12.2 Å². The summed E-state index contributed by atoms with van der Waals surface area (Å²) in [5.74, 6) is -0.250. The number of carbonyl (C=O) groups excluding carboxylic acids is 1. The average Bonchev–Trinajstić information content (AvgIpc) is 2.02. The van der Waals surface area contributed by atoms with Crippen molar-refractivity contribution >= 4 is 5.97 Å². The van der Waals surface area contributed by atoms with E-state index in [1.165, 1.54) is 0 Å². The molecule has 76 valence electrons. The molecule has 1 saturated heterocycles. The smallest absolute Gasteiger partial charge is 0.332 e. The van der Waals surface area contributed by atoms with E-state index < -0.39 is 0 Å². The van der Waals surface area contributed by atoms with Crippen LogP contribution in [-0.2, 0) is 14.3 Å². The Morgan fingerprint density at radius 3 is 2.85 bits per heavy atom. The van der Waals surface area contributed by atoms with E-state index in [0.717, 1.165) is 25.9 Å². The van der Waals surface area contributed by atoms with Gasteiger partial charge in [-0.2, -0.15) is 0 Å². The molecule has 1 aliphatic rings. The molecule has 4 nitrogen and oxygen atoms in total. The fourth-order valence-corrected chi connectivity index (χ4v) is 0.938. The Bertz CT molecular complexity index is 157. The number of nitrogens with one attached hydrogen (secondary N) is 1. The predicted octanol–water partition coefficient (Wildman–Crippen LogP) is 0.318. The van der Waals surface area contributed by atoms with Gasteiger partial charge in [0.25, 0.3) is 0 Å². The third-order valence-electron chi connectivity index (χ3n) is 1.94. The first-order valence-corrected chi connectivity index (χ1v) is 4.81. The van der Waals surface area contributed by atoms with E-state index in [9.17, 15) is 4.79 Å². The molecule has 4 heteroatoms. The molecule has 0 amide bonds. The Morgan fingerprint density at radius 2 is 2.31 bits per heavy atom. The van der Waals surface area contributed by atoms with E-state index in [1.54, 1.807) is 0 Å². The Labute approximate surface area is 78.6 Å². The maximum atomic E-state index is 11.0. The highest BCUT2D eigenvalue weighted by atomic mass is 16.6. The third kappa shape index (κ3) is 4.24. The van der Waals surface area contributed by atoms with Gasteiger partial charge < -0.3 is 14.8 Å². The molecular formula is C9H17NO3. The van der Waals surface area contributed by atoms with Gasteiger partial charge in [-0.3, -0.25) is 0 Å². The lowest BCUT2D eigenvalue weighted by molar-refractivity contribution is -0.152. The maximum Gasteiger partial charge on any atom is 0.332 e. The summed E-state index contributed by atoms with van der Waals surface area (Å²) in [4.78, 5) is 11.0. The average molecular weight is 187 g/mol. The van der Waals surface area contributed by atoms with Gasteiger partial charge in [0.15, 0.2) is 0 Å². The highest BCUT2D eigenvalue weighted by Crippen LogP contribution is 1.98. The van der Waals surface area contributed by atoms with E-state index in [0.29, 0.717) is 6.61 Å². The lowest BCUT2D eigenvalue weighted by atomic mass is 10.2. The minimum atomic E-state index is -0.250. The van der Waals surface area contributed by atoms with Crippen LogP contribution in [0.4, 0.5) is 0 Å². The molecule has 1 heterocycles. The SMILES string of the molecule is CCCCOC(=O)COC1CNC1. The van der Waals surface area contributed by atoms with Crippen LogP contribution < -0.4 is 5.32 Å². The van der Waals surface area contributed by atoms with Crippen molar-refractivity contribution in [2.24, 2.45) is 0 Å². The Morgan fingerprint density at radius 1 is 1.54 bits per heavy atom. The number of rotatable bonds is 6. The van der Waals surface area contributed by atoms with Crippen LogP contribution in [0.15, 0.2) is 0 Å². The quantitative estimate of drug-likeness (QED) is 0.480. The molecule has 1 aliphatic heterocycles. The van der Waals surface area contributed by atoms with Gasteiger partial charge in [0.05, 0.1) is 12.7 Å². The first kappa shape index (κ1) is 10.5. The molecule has 1 fully saturated rings. The van der Waals surface area contributed by atoms with Gasteiger partial charge >= 0.3 is 5.97 Å². The number of carbonyl (C=O) groups is 1. The summed E-state index contributed by atoms with van der Waals surface area (Å²) in [5, 5.41) is 3.06. The van der Waals surface area contributed by atoms with Crippen LogP contribution in [0.1, 0.15) is 19.8 Å². The molecule has 0 radical (unpaired) electrons. The van der Waals surface area contributed by atoms with Crippen LogP contribution in [-0.4, -0.2) is 38.4 Å². The topological polar surface area (TPSA) is 47.6 Å². The van der Waals surface area contributed by atoms with Crippen LogP contribution in [0.25, 0.3) is 0 Å². The third-order valence-corrected chi connectivity index (χ3v) is 1.94. The van der Waals surface area contributed by atoms with E-state index in [-0.39, 0.29) is 18.7 Å². The molecule has 0 aliphatic carbocycles. The largest absolute Gasteiger partial charge is 0.464 e. The van der Waals surface area contributed by atoms with Gasteiger partial charge in [-0.25, -0.2) is 4.79 Å². The molecular weight excluding hydrogens is 170 g/mol. The summed E-state index contributed by atoms with van der Waals surface area (Å²) in [6.07, 6.45) is 2.18. The van der Waals surface area contributed by atoms with E-state index >= 15 is 0 Å². The Balaban J connectivity index is 1.90. The van der Waals surface area contributed by atoms with Gasteiger partial charge in [0.1, 0.15) is 6.61 Å². The van der Waals surface area contributed by atoms with Crippen molar-refractivity contribution in [3.63, 3.8) is 0 Å². The highest BCUT2D eigenvalue weighted by molar-refractivity contribution is 5.70. The first-order chi connectivity index (χ1) is 6.33. The summed E-state index contributed by atoms with van der Waals surface area (Å²) in [7, 11) is 0. The highest BCUT2D eigenvalue weighted by Gasteiger charge is 2.18. The van der Waals surface area contributed by atoms with E-state index in [1.807, 2.05) is 0 Å². The van der Waals surface area contributed by atoms with Crippen molar-refractivity contribution in [3.05, 3.63) is 0 Å². The van der Waals surface area contributed by atoms with Gasteiger partial charge in [-0.05, 0) is 6.42 Å². The molecule has 0 aromatic rings. The zero-order chi connectivity index (χ0) is 9.52. The predicted molar refractivity (Wildman–Crippen MR) is 48.5 cm³/mol. The number of hydrogen-bond donors (Lipinski definition) is 1. The number of hydrogen-bond acceptors (Lipinski definition) is 4. The Hall–Kier alpha value is -0.610. The van der Waals surface area contributed by atoms with Crippen molar-refractivity contribution in [1.82, 2.24) is 5.32 Å². The van der Waals surface area contributed by atoms with Crippen molar-refractivity contribution in [1.29, 1.82) is 0 Å². The Kier molecular flexibility index (Phi) is 4.78. The van der Waals surface area contributed by atoms with Gasteiger partial charge in [0, 0.05) is 13.1 Å². The zero-order valence-corrected chi connectivity index (χ0v) is 8.04. The van der Waals surface area contributed by atoms with Crippen molar-refractivity contribution in [2.45, 2.75) is 25.9 Å². The fourth-order valence-electron chi connectivity index (χ4n) is 0.938. The molecule has 13 heavy (non-hydrogen) atoms. The summed E-state index contributed by atoms with van der Waals surface area (Å²) < 4.78 is 10.2. The van der Waals surface area contributed by atoms with Crippen LogP contribution >= 0.6 is 0 Å². The summed E-state index contributed by atoms with van der Waals surface area (Å²) >= 11 is 0. The van der Waals surface area contributed by atoms with Gasteiger partial charge in [-0.15, -0.1) is 0 Å². The second-order valence-corrected chi connectivity index (χ2v) is 3.17. The van der Waals surface area contributed by atoms with Gasteiger partial charge in [-0.1, -0.05) is 13.3 Å². The lowest BCUT2D eigenvalue weighted by Gasteiger charge is -2.26. The minimum absolute atomic E-state index is 0.0933. The molecule has 1 rings (SSSR count). The molecule has 0 bridgehead atoms. The minimum Gasteiger partial charge on any atom is -0.464 e. The lowest BCUT2D eigenvalue weighted by Crippen LogP contribution is -2.49. The van der Waals surface area contributed by atoms with Crippen LogP contribution in [0.3, 0.4) is 0 Å². The number of esters is 1. The zero-order valence-electron chi connectivity index (χ0n) is 8.04. The van der Waals surface area contributed by atoms with Crippen molar-refractivity contribution in [2.75, 3.05) is 26.3 Å². The second kappa shape index (κ2) is 5.94. The second-order valence-electron chi connectivity index (χ2n) is 3.17. The molecule has 0 spiro atoms. The summed E-state index contributed by atoms with van der Waals surface area (Å²) in [5.41, 5.74) is 0. The van der Waals surface area contributed by atoms with Crippen molar-refractivity contribution in [3.8, 4) is 0 Å². The standard InChI is InChI=1S/C9H17NO3/c1-2-3-4-12-9(11)7-13-8-5-10-6-8/h8,10H,2-7H2,1H3. The number of unbranched alkanes of at least 4 members (excludes halogenated alkanes) is 1. The molecule has 0 unspecified atom stereocenters. The van der Waals surface area contributed by atoms with Crippen LogP contribution in [0.2, 0.25) is 0 Å². The van der Waals surface area contributed by atoms with Gasteiger partial charge in [0.2, 0.25) is 0 Å². The fraction of sp³-hybridized carbons (Fsp3) is 0.889. The normalized spacial score (nSPS) is 16.7. The first-order valence-electron chi connectivity index (χ1n) is 4.81. The summed E-state index contributed by atoms with van der Waals surface area (Å²) in [6, 6.07) is 0. The summed E-state index contributed by atoms with van der Waals surface area (Å²) in [6.45, 7) is 4.37. The molecule has 0 aromatic carbocycles. The van der Waals surface area contributed by atoms with Crippen molar-refractivity contribution < 1.29 is 14.3 Å². The molecule has 0 aromatic heterocycles. The van der Waals surface area contributed by atoms with E-state index in [4.69, 9.17) is 9.47 Å². The molecule has 1 N–H and O–H groups in total.